The summed E-state index contributed by atoms with van der Waals surface area (Å²) in [5, 5.41) is 0.381. The second-order valence-corrected chi connectivity index (χ2v) is 5.66. The summed E-state index contributed by atoms with van der Waals surface area (Å²) < 4.78 is 0. The van der Waals surface area contributed by atoms with E-state index >= 15 is 0 Å². The van der Waals surface area contributed by atoms with E-state index in [1.807, 2.05) is 4.90 Å². The van der Waals surface area contributed by atoms with E-state index in [4.69, 9.17) is 17.3 Å². The normalized spacial score (nSPS) is 26.4. The Kier molecular flexibility index (Phi) is 2.90. The molecule has 96 valence electrons. The van der Waals surface area contributed by atoms with Gasteiger partial charge in [0.05, 0.1) is 10.6 Å². The van der Waals surface area contributed by atoms with Crippen molar-refractivity contribution in [2.24, 2.45) is 11.8 Å². The van der Waals surface area contributed by atoms with Crippen molar-refractivity contribution >= 4 is 23.3 Å². The van der Waals surface area contributed by atoms with Gasteiger partial charge in [-0.2, -0.15) is 0 Å². The Labute approximate surface area is 111 Å². The highest BCUT2D eigenvalue weighted by Gasteiger charge is 2.38. The molecule has 18 heavy (non-hydrogen) atoms. The van der Waals surface area contributed by atoms with Gasteiger partial charge in [0.2, 0.25) is 0 Å². The van der Waals surface area contributed by atoms with Crippen molar-refractivity contribution in [3.05, 3.63) is 22.8 Å². The largest absolute Gasteiger partial charge is 0.384 e. The first-order valence-electron chi connectivity index (χ1n) is 6.35. The van der Waals surface area contributed by atoms with Gasteiger partial charge >= 0.3 is 0 Å². The zero-order chi connectivity index (χ0) is 12.7. The maximum atomic E-state index is 12.4. The first kappa shape index (κ1) is 11.8. The summed E-state index contributed by atoms with van der Waals surface area (Å²) in [4.78, 5) is 18.2. The number of halogens is 1. The van der Waals surface area contributed by atoms with Crippen LogP contribution in [0.3, 0.4) is 0 Å². The molecule has 1 aliphatic carbocycles. The Hall–Kier alpha value is -1.29. The Morgan fingerprint density at radius 2 is 2.06 bits per heavy atom. The van der Waals surface area contributed by atoms with Crippen molar-refractivity contribution in [1.29, 1.82) is 0 Å². The second kappa shape index (κ2) is 4.43. The van der Waals surface area contributed by atoms with Crippen molar-refractivity contribution in [1.82, 2.24) is 9.88 Å². The first-order valence-corrected chi connectivity index (χ1v) is 6.73. The fraction of sp³-hybridized carbons (Fsp3) is 0.538. The Morgan fingerprint density at radius 3 is 2.72 bits per heavy atom. The number of anilines is 1. The van der Waals surface area contributed by atoms with Crippen LogP contribution < -0.4 is 5.73 Å². The van der Waals surface area contributed by atoms with Crippen molar-refractivity contribution in [3.8, 4) is 0 Å². The zero-order valence-electron chi connectivity index (χ0n) is 10.1. The number of amides is 1. The second-order valence-electron chi connectivity index (χ2n) is 5.25. The lowest BCUT2D eigenvalue weighted by atomic mass is 10.0. The highest BCUT2D eigenvalue weighted by atomic mass is 35.5. The molecule has 1 aliphatic heterocycles. The summed E-state index contributed by atoms with van der Waals surface area (Å²) in [5.41, 5.74) is 6.09. The monoisotopic (exact) mass is 265 g/mol. The lowest BCUT2D eigenvalue weighted by Crippen LogP contribution is -2.29. The van der Waals surface area contributed by atoms with Gasteiger partial charge in [-0.25, -0.2) is 4.98 Å². The van der Waals surface area contributed by atoms with Crippen LogP contribution in [0.15, 0.2) is 12.3 Å². The van der Waals surface area contributed by atoms with Crippen molar-refractivity contribution in [2.45, 2.75) is 19.3 Å². The Morgan fingerprint density at radius 1 is 1.39 bits per heavy atom. The predicted molar refractivity (Wildman–Crippen MR) is 70.4 cm³/mol. The fourth-order valence-electron chi connectivity index (χ4n) is 3.19. The van der Waals surface area contributed by atoms with E-state index in [-0.39, 0.29) is 5.91 Å². The van der Waals surface area contributed by atoms with Gasteiger partial charge in [-0.3, -0.25) is 4.79 Å². The molecule has 0 radical (unpaired) electrons. The predicted octanol–water partition coefficient (Wildman–Crippen LogP) is 2.19. The summed E-state index contributed by atoms with van der Waals surface area (Å²) in [6.45, 7) is 1.73. The maximum Gasteiger partial charge on any atom is 0.255 e. The van der Waals surface area contributed by atoms with Crippen LogP contribution in [-0.2, 0) is 0 Å². The highest BCUT2D eigenvalue weighted by molar-refractivity contribution is 6.33. The molecular weight excluding hydrogens is 250 g/mol. The number of aromatic nitrogens is 1. The maximum absolute atomic E-state index is 12.4. The molecule has 4 nitrogen and oxygen atoms in total. The molecule has 2 atom stereocenters. The molecule has 2 unspecified atom stereocenters. The third-order valence-electron chi connectivity index (χ3n) is 4.12. The van der Waals surface area contributed by atoms with Crippen LogP contribution in [0.25, 0.3) is 0 Å². The van der Waals surface area contributed by atoms with Crippen LogP contribution in [0, 0.1) is 11.8 Å². The average molecular weight is 266 g/mol. The number of pyridine rings is 1. The summed E-state index contributed by atoms with van der Waals surface area (Å²) in [5.74, 6) is 1.70. The number of hydrogen-bond donors (Lipinski definition) is 1. The number of nitrogens with two attached hydrogens (primary N) is 1. The molecule has 2 N–H and O–H groups in total. The van der Waals surface area contributed by atoms with E-state index in [9.17, 15) is 4.79 Å². The molecule has 1 amide bonds. The van der Waals surface area contributed by atoms with Crippen molar-refractivity contribution < 1.29 is 4.79 Å². The van der Waals surface area contributed by atoms with Crippen molar-refractivity contribution in [2.75, 3.05) is 18.8 Å². The minimum Gasteiger partial charge on any atom is -0.384 e. The van der Waals surface area contributed by atoms with Crippen LogP contribution in [0.2, 0.25) is 5.02 Å². The Balaban J connectivity index is 1.81. The van der Waals surface area contributed by atoms with Crippen LogP contribution >= 0.6 is 11.6 Å². The molecule has 2 aliphatic rings. The van der Waals surface area contributed by atoms with Crippen LogP contribution in [-0.4, -0.2) is 28.9 Å². The molecule has 0 aromatic carbocycles. The van der Waals surface area contributed by atoms with Crippen LogP contribution in [0.4, 0.5) is 5.82 Å². The molecule has 1 saturated heterocycles. The Bertz CT molecular complexity index is 479. The number of rotatable bonds is 1. The molecular formula is C13H16ClN3O. The number of carbonyl (C=O) groups excluding carboxylic acids is 1. The molecule has 0 spiro atoms. The van der Waals surface area contributed by atoms with E-state index in [0.717, 1.165) is 13.1 Å². The van der Waals surface area contributed by atoms with E-state index in [2.05, 4.69) is 4.98 Å². The van der Waals surface area contributed by atoms with Gasteiger partial charge in [-0.15, -0.1) is 0 Å². The summed E-state index contributed by atoms with van der Waals surface area (Å²) >= 11 is 6.02. The summed E-state index contributed by atoms with van der Waals surface area (Å²) in [6.07, 6.45) is 5.25. The molecule has 1 aromatic rings. The zero-order valence-corrected chi connectivity index (χ0v) is 10.9. The third-order valence-corrected chi connectivity index (χ3v) is 4.42. The fourth-order valence-corrected chi connectivity index (χ4v) is 3.37. The molecule has 3 rings (SSSR count). The molecule has 2 fully saturated rings. The number of nitrogens with zero attached hydrogens (tertiary/aromatic N) is 2. The number of fused-ring (bicyclic) bond motifs is 1. The van der Waals surface area contributed by atoms with Crippen molar-refractivity contribution in [3.63, 3.8) is 0 Å². The topological polar surface area (TPSA) is 59.2 Å². The SMILES string of the molecule is Nc1cc(C(=O)N2CC3CCCC3C2)c(Cl)cn1. The van der Waals surface area contributed by atoms with Gasteiger partial charge in [0.1, 0.15) is 5.82 Å². The average Bonchev–Trinajstić information content (AvgIpc) is 2.91. The van der Waals surface area contributed by atoms with Crippen LogP contribution in [0.5, 0.6) is 0 Å². The standard InChI is InChI=1S/C13H16ClN3O/c14-11-5-16-12(15)4-10(11)13(18)17-6-8-2-1-3-9(8)7-17/h4-5,8-9H,1-3,6-7H2,(H2,15,16). The number of likely N-dealkylation sites (tertiary alicyclic amines) is 1. The molecule has 2 heterocycles. The molecule has 1 saturated carbocycles. The molecule has 0 bridgehead atoms. The van der Waals surface area contributed by atoms with E-state index in [0.29, 0.717) is 28.2 Å². The van der Waals surface area contributed by atoms with Gasteiger partial charge in [-0.1, -0.05) is 18.0 Å². The molecule has 5 heteroatoms. The quantitative estimate of drug-likeness (QED) is 0.847. The lowest BCUT2D eigenvalue weighted by Gasteiger charge is -2.18. The van der Waals surface area contributed by atoms with Gasteiger partial charge in [0.15, 0.2) is 0 Å². The number of hydrogen-bond acceptors (Lipinski definition) is 3. The van der Waals surface area contributed by atoms with E-state index in [1.165, 1.54) is 25.5 Å². The van der Waals surface area contributed by atoms with Gasteiger partial charge in [0.25, 0.3) is 5.91 Å². The van der Waals surface area contributed by atoms with E-state index in [1.54, 1.807) is 6.07 Å². The highest BCUT2D eigenvalue weighted by Crippen LogP contribution is 2.38. The summed E-state index contributed by atoms with van der Waals surface area (Å²) in [6, 6.07) is 1.57. The van der Waals surface area contributed by atoms with Crippen LogP contribution in [0.1, 0.15) is 29.6 Å². The van der Waals surface area contributed by atoms with Gasteiger partial charge in [-0.05, 0) is 30.7 Å². The minimum atomic E-state index is -0.0106. The number of carbonyl (C=O) groups is 1. The number of nitrogen functional groups attached to an aromatic ring is 1. The van der Waals surface area contributed by atoms with E-state index < -0.39 is 0 Å². The minimum absolute atomic E-state index is 0.0106. The first-order chi connectivity index (χ1) is 8.65. The third kappa shape index (κ3) is 1.94. The van der Waals surface area contributed by atoms with Gasteiger partial charge < -0.3 is 10.6 Å². The smallest absolute Gasteiger partial charge is 0.255 e. The summed E-state index contributed by atoms with van der Waals surface area (Å²) in [7, 11) is 0. The van der Waals surface area contributed by atoms with Gasteiger partial charge in [0, 0.05) is 19.3 Å². The molecule has 1 aromatic heterocycles. The lowest BCUT2D eigenvalue weighted by molar-refractivity contribution is 0.0781.